The van der Waals surface area contributed by atoms with E-state index in [9.17, 15) is 4.79 Å². The van der Waals surface area contributed by atoms with Crippen LogP contribution in [0.4, 0.5) is 0 Å². The fraction of sp³-hybridized carbons (Fsp3) is 0.643. The molecule has 0 saturated carbocycles. The largest absolute Gasteiger partial charge is 0.409 e. The van der Waals surface area contributed by atoms with Crippen LogP contribution >= 0.6 is 11.3 Å². The van der Waals surface area contributed by atoms with Crippen molar-refractivity contribution < 1.29 is 10.0 Å². The first-order chi connectivity index (χ1) is 9.82. The number of carbonyl (C=O) groups is 1. The molecule has 1 unspecified atom stereocenters. The van der Waals surface area contributed by atoms with Crippen LogP contribution in [0, 0.1) is 19.3 Å². The number of aryl methyl sites for hydroxylation is 2. The average molecular weight is 312 g/mol. The van der Waals surface area contributed by atoms with E-state index in [0.29, 0.717) is 12.8 Å². The third kappa shape index (κ3) is 3.34. The van der Waals surface area contributed by atoms with Gasteiger partial charge in [0.05, 0.1) is 16.7 Å². The predicted molar refractivity (Wildman–Crippen MR) is 84.6 cm³/mol. The number of aromatic nitrogens is 1. The minimum atomic E-state index is -0.976. The Morgan fingerprint density at radius 2 is 2.05 bits per heavy atom. The molecule has 0 bridgehead atoms. The molecule has 7 heteroatoms. The summed E-state index contributed by atoms with van der Waals surface area (Å²) in [6.07, 6.45) is 0.942. The second kappa shape index (κ2) is 6.89. The van der Waals surface area contributed by atoms with Crippen molar-refractivity contribution in [2.24, 2.45) is 16.3 Å². The van der Waals surface area contributed by atoms with Gasteiger partial charge >= 0.3 is 0 Å². The van der Waals surface area contributed by atoms with Crippen molar-refractivity contribution in [2.75, 3.05) is 0 Å². The van der Waals surface area contributed by atoms with Crippen LogP contribution in [0.15, 0.2) is 5.16 Å². The molecule has 1 amide bonds. The van der Waals surface area contributed by atoms with Gasteiger partial charge in [0.1, 0.15) is 5.41 Å². The Morgan fingerprint density at radius 3 is 2.43 bits per heavy atom. The van der Waals surface area contributed by atoms with E-state index in [1.165, 1.54) is 0 Å². The number of thiazole rings is 1. The average Bonchev–Trinajstić information content (AvgIpc) is 2.79. The first-order valence-electron chi connectivity index (χ1n) is 7.05. The Bertz CT molecular complexity index is 535. The topological polar surface area (TPSA) is 101 Å². The van der Waals surface area contributed by atoms with Crippen LogP contribution in [0.5, 0.6) is 0 Å². The van der Waals surface area contributed by atoms with E-state index in [0.717, 1.165) is 15.6 Å². The van der Waals surface area contributed by atoms with Gasteiger partial charge in [0.25, 0.3) is 0 Å². The molecule has 1 heterocycles. The third-order valence-electron chi connectivity index (χ3n) is 3.92. The van der Waals surface area contributed by atoms with Gasteiger partial charge < -0.3 is 16.3 Å². The molecule has 0 fully saturated rings. The first kappa shape index (κ1) is 17.4. The van der Waals surface area contributed by atoms with E-state index in [1.54, 1.807) is 11.3 Å². The quantitative estimate of drug-likeness (QED) is 0.325. The maximum absolute atomic E-state index is 12.6. The number of hydrogen-bond acceptors (Lipinski definition) is 5. The van der Waals surface area contributed by atoms with Crippen molar-refractivity contribution in [1.29, 1.82) is 0 Å². The molecular weight excluding hydrogens is 288 g/mol. The number of carbonyl (C=O) groups excluding carboxylic acids is 1. The molecule has 0 aliphatic heterocycles. The molecule has 6 nitrogen and oxygen atoms in total. The van der Waals surface area contributed by atoms with E-state index < -0.39 is 5.41 Å². The Hall–Kier alpha value is -1.63. The summed E-state index contributed by atoms with van der Waals surface area (Å²) in [5, 5.41) is 15.9. The third-order valence-corrected chi connectivity index (χ3v) is 5.18. The molecule has 118 valence electrons. The van der Waals surface area contributed by atoms with Crippen LogP contribution in [-0.2, 0) is 4.79 Å². The summed E-state index contributed by atoms with van der Waals surface area (Å²) in [4.78, 5) is 18.0. The lowest BCUT2D eigenvalue weighted by Crippen LogP contribution is -2.49. The van der Waals surface area contributed by atoms with Gasteiger partial charge in [-0.1, -0.05) is 19.0 Å². The van der Waals surface area contributed by atoms with Gasteiger partial charge in [-0.25, -0.2) is 4.98 Å². The zero-order chi connectivity index (χ0) is 16.2. The lowest BCUT2D eigenvalue weighted by Gasteiger charge is -2.30. The fourth-order valence-electron chi connectivity index (χ4n) is 2.49. The van der Waals surface area contributed by atoms with Crippen LogP contribution in [-0.4, -0.2) is 21.9 Å². The van der Waals surface area contributed by atoms with Gasteiger partial charge in [-0.3, -0.25) is 4.79 Å². The minimum Gasteiger partial charge on any atom is -0.409 e. The Labute approximate surface area is 129 Å². The Kier molecular flexibility index (Phi) is 5.71. The summed E-state index contributed by atoms with van der Waals surface area (Å²) in [5.41, 5.74) is 5.70. The van der Waals surface area contributed by atoms with Gasteiger partial charge in [0.15, 0.2) is 5.84 Å². The summed E-state index contributed by atoms with van der Waals surface area (Å²) in [7, 11) is 0. The van der Waals surface area contributed by atoms with Crippen LogP contribution in [0.2, 0.25) is 0 Å². The van der Waals surface area contributed by atoms with E-state index in [-0.39, 0.29) is 17.8 Å². The van der Waals surface area contributed by atoms with Crippen molar-refractivity contribution in [3.63, 3.8) is 0 Å². The molecule has 1 rings (SSSR count). The van der Waals surface area contributed by atoms with Gasteiger partial charge in [-0.15, -0.1) is 11.3 Å². The van der Waals surface area contributed by atoms with Crippen molar-refractivity contribution in [1.82, 2.24) is 10.3 Å². The van der Waals surface area contributed by atoms with Crippen LogP contribution < -0.4 is 11.1 Å². The number of hydrogen-bond donors (Lipinski definition) is 3. The molecule has 0 saturated heterocycles. The van der Waals surface area contributed by atoms with Gasteiger partial charge in [0.2, 0.25) is 5.91 Å². The monoisotopic (exact) mass is 312 g/mol. The molecule has 0 aliphatic rings. The molecule has 0 aromatic carbocycles. The van der Waals surface area contributed by atoms with Crippen molar-refractivity contribution in [2.45, 2.75) is 53.5 Å². The predicted octanol–water partition coefficient (Wildman–Crippen LogP) is 2.49. The SMILES string of the molecule is CCC(CC)(C(=O)NC(C)c1sc(C)nc1C)C(N)=NO. The highest BCUT2D eigenvalue weighted by Crippen LogP contribution is 2.30. The highest BCUT2D eigenvalue weighted by atomic mass is 32.1. The number of amidine groups is 1. The second-order valence-corrected chi connectivity index (χ2v) is 6.39. The molecule has 1 aromatic rings. The molecular formula is C14H24N4O2S. The number of rotatable bonds is 6. The molecule has 0 aliphatic carbocycles. The number of oxime groups is 1. The van der Waals surface area contributed by atoms with Crippen LogP contribution in [0.25, 0.3) is 0 Å². The zero-order valence-electron chi connectivity index (χ0n) is 13.2. The van der Waals surface area contributed by atoms with E-state index >= 15 is 0 Å². The summed E-state index contributed by atoms with van der Waals surface area (Å²) < 4.78 is 0. The summed E-state index contributed by atoms with van der Waals surface area (Å²) in [5.74, 6) is -0.268. The number of nitrogens with two attached hydrogens (primary N) is 1. The Morgan fingerprint density at radius 1 is 1.48 bits per heavy atom. The normalized spacial score (nSPS) is 14.0. The van der Waals surface area contributed by atoms with E-state index in [1.807, 2.05) is 34.6 Å². The maximum Gasteiger partial charge on any atom is 0.234 e. The van der Waals surface area contributed by atoms with E-state index in [2.05, 4.69) is 15.5 Å². The molecule has 0 spiro atoms. The highest BCUT2D eigenvalue weighted by Gasteiger charge is 2.40. The standard InChI is InChI=1S/C14H24N4O2S/c1-6-14(7-2,12(15)18-20)13(19)17-9(4)11-8(3)16-10(5)21-11/h9,20H,6-7H2,1-5H3,(H2,15,18)(H,17,19). The summed E-state index contributed by atoms with van der Waals surface area (Å²) >= 11 is 1.57. The summed E-state index contributed by atoms with van der Waals surface area (Å²) in [6.45, 7) is 9.49. The molecule has 4 N–H and O–H groups in total. The maximum atomic E-state index is 12.6. The second-order valence-electron chi connectivity index (χ2n) is 5.15. The van der Waals surface area contributed by atoms with Crippen molar-refractivity contribution >= 4 is 23.1 Å². The zero-order valence-corrected chi connectivity index (χ0v) is 14.0. The smallest absolute Gasteiger partial charge is 0.234 e. The number of amides is 1. The van der Waals surface area contributed by atoms with Crippen LogP contribution in [0.1, 0.15) is 55.2 Å². The molecule has 0 radical (unpaired) electrons. The summed E-state index contributed by atoms with van der Waals surface area (Å²) in [6, 6.07) is -0.160. The van der Waals surface area contributed by atoms with Crippen molar-refractivity contribution in [3.05, 3.63) is 15.6 Å². The van der Waals surface area contributed by atoms with Gasteiger partial charge in [-0.2, -0.15) is 0 Å². The van der Waals surface area contributed by atoms with Gasteiger partial charge in [-0.05, 0) is 33.6 Å². The lowest BCUT2D eigenvalue weighted by molar-refractivity contribution is -0.128. The first-order valence-corrected chi connectivity index (χ1v) is 7.86. The molecule has 21 heavy (non-hydrogen) atoms. The fourth-order valence-corrected chi connectivity index (χ4v) is 3.42. The van der Waals surface area contributed by atoms with E-state index in [4.69, 9.17) is 10.9 Å². The highest BCUT2D eigenvalue weighted by molar-refractivity contribution is 7.11. The van der Waals surface area contributed by atoms with Crippen molar-refractivity contribution in [3.8, 4) is 0 Å². The minimum absolute atomic E-state index is 0.0468. The molecule has 1 aromatic heterocycles. The van der Waals surface area contributed by atoms with Crippen LogP contribution in [0.3, 0.4) is 0 Å². The Balaban J connectivity index is 3.00. The lowest BCUT2D eigenvalue weighted by atomic mass is 9.80. The molecule has 1 atom stereocenters. The van der Waals surface area contributed by atoms with Gasteiger partial charge in [0, 0.05) is 4.88 Å². The number of nitrogens with zero attached hydrogens (tertiary/aromatic N) is 2. The number of nitrogens with one attached hydrogen (secondary N) is 1.